The molecule has 1 N–H and O–H groups in total. The van der Waals surface area contributed by atoms with Gasteiger partial charge >= 0.3 is 0 Å². The van der Waals surface area contributed by atoms with E-state index in [2.05, 4.69) is 0 Å². The molecule has 1 saturated heterocycles. The molecule has 120 valence electrons. The van der Waals surface area contributed by atoms with Gasteiger partial charge in [-0.2, -0.15) is 0 Å². The number of piperidine rings is 1. The van der Waals surface area contributed by atoms with Crippen LogP contribution in [0.4, 0.5) is 8.78 Å². The van der Waals surface area contributed by atoms with Crippen molar-refractivity contribution < 1.29 is 18.7 Å². The number of phenolic OH excluding ortho intramolecular Hbond substituents is 1. The van der Waals surface area contributed by atoms with Crippen LogP contribution in [0.15, 0.2) is 42.5 Å². The summed E-state index contributed by atoms with van der Waals surface area (Å²) in [5.74, 6) is -1.36. The van der Waals surface area contributed by atoms with Gasteiger partial charge in [-0.25, -0.2) is 8.78 Å². The first-order valence-corrected chi connectivity index (χ1v) is 7.58. The van der Waals surface area contributed by atoms with Gasteiger partial charge < -0.3 is 10.0 Å². The number of hydrogen-bond acceptors (Lipinski definition) is 2. The van der Waals surface area contributed by atoms with Crippen molar-refractivity contribution in [1.82, 2.24) is 4.90 Å². The highest BCUT2D eigenvalue weighted by Crippen LogP contribution is 2.29. The molecular weight excluding hydrogens is 300 g/mol. The molecule has 1 heterocycles. The Kier molecular flexibility index (Phi) is 4.28. The van der Waals surface area contributed by atoms with Gasteiger partial charge in [-0.3, -0.25) is 4.79 Å². The van der Waals surface area contributed by atoms with Crippen LogP contribution in [0.1, 0.15) is 34.7 Å². The summed E-state index contributed by atoms with van der Waals surface area (Å²) in [6.07, 6.45) is 1.55. The predicted molar refractivity (Wildman–Crippen MR) is 82.3 cm³/mol. The fourth-order valence-electron chi connectivity index (χ4n) is 3.00. The Morgan fingerprint density at radius 1 is 1.04 bits per heavy atom. The van der Waals surface area contributed by atoms with Crippen molar-refractivity contribution in [2.75, 3.05) is 13.1 Å². The lowest BCUT2D eigenvalue weighted by molar-refractivity contribution is 0.0708. The largest absolute Gasteiger partial charge is 0.508 e. The Hall–Kier alpha value is -2.43. The van der Waals surface area contributed by atoms with Gasteiger partial charge in [0.2, 0.25) is 0 Å². The van der Waals surface area contributed by atoms with Crippen LogP contribution in [0, 0.1) is 11.6 Å². The maximum absolute atomic E-state index is 13.7. The number of amides is 1. The molecular formula is C18H17F2NO2. The van der Waals surface area contributed by atoms with Crippen LogP contribution < -0.4 is 0 Å². The van der Waals surface area contributed by atoms with E-state index in [0.717, 1.165) is 30.5 Å². The summed E-state index contributed by atoms with van der Waals surface area (Å²) in [5.41, 5.74) is 1.04. The average molecular weight is 317 g/mol. The normalized spacial score (nSPS) is 15.7. The molecule has 0 unspecified atom stereocenters. The molecule has 5 heteroatoms. The number of carbonyl (C=O) groups excluding carboxylic acids is 1. The van der Waals surface area contributed by atoms with Crippen LogP contribution in [0.2, 0.25) is 0 Å². The van der Waals surface area contributed by atoms with E-state index >= 15 is 0 Å². The fourth-order valence-corrected chi connectivity index (χ4v) is 3.00. The molecule has 2 aromatic carbocycles. The maximum Gasteiger partial charge on any atom is 0.256 e. The molecule has 23 heavy (non-hydrogen) atoms. The zero-order chi connectivity index (χ0) is 16.4. The van der Waals surface area contributed by atoms with E-state index in [0.29, 0.717) is 19.0 Å². The van der Waals surface area contributed by atoms with Crippen LogP contribution >= 0.6 is 0 Å². The molecule has 0 spiro atoms. The Labute approximate surface area is 133 Å². The summed E-state index contributed by atoms with van der Waals surface area (Å²) in [6.45, 7) is 1.06. The molecule has 1 amide bonds. The highest BCUT2D eigenvalue weighted by molar-refractivity contribution is 5.94. The van der Waals surface area contributed by atoms with E-state index in [1.807, 2.05) is 12.1 Å². The molecule has 3 rings (SSSR count). The second-order valence-corrected chi connectivity index (χ2v) is 5.78. The first kappa shape index (κ1) is 15.5. The van der Waals surface area contributed by atoms with Crippen molar-refractivity contribution in [2.45, 2.75) is 18.8 Å². The van der Waals surface area contributed by atoms with Gasteiger partial charge in [0, 0.05) is 19.2 Å². The molecule has 1 aliphatic rings. The van der Waals surface area contributed by atoms with Gasteiger partial charge in [-0.05, 0) is 48.6 Å². The summed E-state index contributed by atoms with van der Waals surface area (Å²) >= 11 is 0. The minimum atomic E-state index is -0.823. The minimum Gasteiger partial charge on any atom is -0.508 e. The van der Waals surface area contributed by atoms with Gasteiger partial charge in [0.25, 0.3) is 5.91 Å². The van der Waals surface area contributed by atoms with Gasteiger partial charge in [0.1, 0.15) is 17.4 Å². The zero-order valence-electron chi connectivity index (χ0n) is 12.5. The molecule has 0 atom stereocenters. The third kappa shape index (κ3) is 3.33. The number of nitrogens with zero attached hydrogens (tertiary/aromatic N) is 1. The van der Waals surface area contributed by atoms with Crippen LogP contribution in [-0.2, 0) is 0 Å². The van der Waals surface area contributed by atoms with E-state index in [9.17, 15) is 18.7 Å². The van der Waals surface area contributed by atoms with Crippen molar-refractivity contribution in [3.63, 3.8) is 0 Å². The van der Waals surface area contributed by atoms with Crippen molar-refractivity contribution >= 4 is 5.91 Å². The van der Waals surface area contributed by atoms with E-state index in [4.69, 9.17) is 0 Å². The smallest absolute Gasteiger partial charge is 0.256 e. The van der Waals surface area contributed by atoms with Gasteiger partial charge in [-0.1, -0.05) is 12.1 Å². The molecule has 1 aliphatic heterocycles. The first-order valence-electron chi connectivity index (χ1n) is 7.58. The number of hydrogen-bond donors (Lipinski definition) is 1. The molecule has 3 nitrogen and oxygen atoms in total. The van der Waals surface area contributed by atoms with Crippen LogP contribution in [0.25, 0.3) is 0 Å². The predicted octanol–water partition coefficient (Wildman–Crippen LogP) is 3.69. The first-order chi connectivity index (χ1) is 11.0. The van der Waals surface area contributed by atoms with E-state index in [1.54, 1.807) is 17.0 Å². The van der Waals surface area contributed by atoms with Crippen LogP contribution in [0.5, 0.6) is 5.75 Å². The Bertz CT molecular complexity index is 707. The number of benzene rings is 2. The summed E-state index contributed by atoms with van der Waals surface area (Å²) in [4.78, 5) is 14.0. The van der Waals surface area contributed by atoms with Crippen molar-refractivity contribution in [3.8, 4) is 5.75 Å². The zero-order valence-corrected chi connectivity index (χ0v) is 12.5. The lowest BCUT2D eigenvalue weighted by Crippen LogP contribution is -2.38. The quantitative estimate of drug-likeness (QED) is 0.917. The highest BCUT2D eigenvalue weighted by atomic mass is 19.1. The molecule has 0 bridgehead atoms. The molecule has 0 aliphatic carbocycles. The van der Waals surface area contributed by atoms with Gasteiger partial charge in [0.05, 0.1) is 5.56 Å². The second kappa shape index (κ2) is 6.36. The maximum atomic E-state index is 13.7. The number of halogens is 2. The Morgan fingerprint density at radius 2 is 1.70 bits per heavy atom. The number of carbonyl (C=O) groups is 1. The molecule has 1 fully saturated rings. The monoisotopic (exact) mass is 317 g/mol. The van der Waals surface area contributed by atoms with Crippen molar-refractivity contribution in [1.29, 1.82) is 0 Å². The molecule has 0 radical (unpaired) electrons. The average Bonchev–Trinajstić information content (AvgIpc) is 2.55. The summed E-state index contributed by atoms with van der Waals surface area (Å²) in [6, 6.07) is 10.1. The third-order valence-corrected chi connectivity index (χ3v) is 4.31. The number of phenols is 1. The standard InChI is InChI=1S/C18H17F2NO2/c19-14-3-6-16(17(20)11-14)18(23)21-9-7-13(8-10-21)12-1-4-15(22)5-2-12/h1-6,11,13,22H,7-10H2. The molecule has 2 aromatic rings. The fraction of sp³-hybridized carbons (Fsp3) is 0.278. The SMILES string of the molecule is O=C(c1ccc(F)cc1F)N1CCC(c2ccc(O)cc2)CC1. The third-order valence-electron chi connectivity index (χ3n) is 4.31. The second-order valence-electron chi connectivity index (χ2n) is 5.78. The number of likely N-dealkylation sites (tertiary alicyclic amines) is 1. The van der Waals surface area contributed by atoms with E-state index < -0.39 is 17.5 Å². The Morgan fingerprint density at radius 3 is 2.30 bits per heavy atom. The minimum absolute atomic E-state index is 0.0884. The van der Waals surface area contributed by atoms with E-state index in [1.165, 1.54) is 6.07 Å². The summed E-state index contributed by atoms with van der Waals surface area (Å²) in [5, 5.41) is 9.33. The molecule has 0 saturated carbocycles. The van der Waals surface area contributed by atoms with Crippen LogP contribution in [-0.4, -0.2) is 29.0 Å². The number of rotatable bonds is 2. The highest BCUT2D eigenvalue weighted by Gasteiger charge is 2.26. The lowest BCUT2D eigenvalue weighted by atomic mass is 9.89. The summed E-state index contributed by atoms with van der Waals surface area (Å²) < 4.78 is 26.7. The van der Waals surface area contributed by atoms with E-state index in [-0.39, 0.29) is 11.3 Å². The van der Waals surface area contributed by atoms with Crippen molar-refractivity contribution in [2.24, 2.45) is 0 Å². The van der Waals surface area contributed by atoms with Crippen molar-refractivity contribution in [3.05, 3.63) is 65.2 Å². The van der Waals surface area contributed by atoms with Gasteiger partial charge in [0.15, 0.2) is 0 Å². The summed E-state index contributed by atoms with van der Waals surface area (Å²) in [7, 11) is 0. The van der Waals surface area contributed by atoms with Gasteiger partial charge in [-0.15, -0.1) is 0 Å². The molecule has 0 aromatic heterocycles. The van der Waals surface area contributed by atoms with Crippen LogP contribution in [0.3, 0.4) is 0 Å². The lowest BCUT2D eigenvalue weighted by Gasteiger charge is -2.32. The Balaban J connectivity index is 1.66. The topological polar surface area (TPSA) is 40.5 Å². The number of aromatic hydroxyl groups is 1.